The monoisotopic (exact) mass is 492 g/mol. The van der Waals surface area contributed by atoms with Crippen LogP contribution < -0.4 is 4.90 Å². The lowest BCUT2D eigenvalue weighted by atomic mass is 10.2. The van der Waals surface area contributed by atoms with E-state index in [4.69, 9.17) is 23.2 Å². The predicted molar refractivity (Wildman–Crippen MR) is 135 cm³/mol. The van der Waals surface area contributed by atoms with Crippen LogP contribution in [0, 0.1) is 20.8 Å². The molecule has 170 valence electrons. The van der Waals surface area contributed by atoms with Crippen molar-refractivity contribution in [2.75, 3.05) is 37.6 Å². The highest BCUT2D eigenvalue weighted by molar-refractivity contribution is 6.35. The summed E-state index contributed by atoms with van der Waals surface area (Å²) in [4.78, 5) is 13.8. The zero-order valence-corrected chi connectivity index (χ0v) is 20.8. The predicted octanol–water partition coefficient (Wildman–Crippen LogP) is 5.15. The number of aryl methyl sites for hydroxylation is 2. The van der Waals surface area contributed by atoms with Crippen LogP contribution in [0.2, 0.25) is 10.0 Å². The average Bonchev–Trinajstić information content (AvgIpc) is 3.07. The molecule has 0 unspecified atom stereocenters. The Balaban J connectivity index is 0.00000289. The normalized spacial score (nSPS) is 14.7. The lowest BCUT2D eigenvalue weighted by Gasteiger charge is -2.35. The first-order chi connectivity index (χ1) is 14.9. The summed E-state index contributed by atoms with van der Waals surface area (Å²) < 4.78 is 1.80. The summed E-state index contributed by atoms with van der Waals surface area (Å²) in [6, 6.07) is 7.68. The van der Waals surface area contributed by atoms with E-state index >= 15 is 0 Å². The summed E-state index contributed by atoms with van der Waals surface area (Å²) in [5.74, 6) is 0.617. The average molecular weight is 494 g/mol. The molecule has 4 rings (SSSR count). The van der Waals surface area contributed by atoms with Crippen molar-refractivity contribution in [3.05, 3.63) is 69.2 Å². The first-order valence-corrected chi connectivity index (χ1v) is 11.1. The zero-order valence-electron chi connectivity index (χ0n) is 18.4. The van der Waals surface area contributed by atoms with E-state index in [0.717, 1.165) is 61.1 Å². The van der Waals surface area contributed by atoms with Crippen LogP contribution in [-0.4, -0.2) is 57.4 Å². The summed E-state index contributed by atoms with van der Waals surface area (Å²) >= 11 is 12.3. The van der Waals surface area contributed by atoms with Gasteiger partial charge in [0.2, 0.25) is 0 Å². The second-order valence-electron chi connectivity index (χ2n) is 7.87. The standard InChI is InChI=1S/C23H26Cl2N6.ClH/c1-16-11-17(2)28-23(27-16)31-18(3)19(15-26-31)5-4-6-29-7-9-30(10-8-29)22-13-20(24)12-21(25)14-22;/h4-5,11-15H,6-10H2,1-3H3;1H/b5-4+;. The molecule has 0 radical (unpaired) electrons. The number of nitrogens with zero attached hydrogens (tertiary/aromatic N) is 6. The highest BCUT2D eigenvalue weighted by Crippen LogP contribution is 2.26. The molecule has 1 aromatic carbocycles. The molecule has 32 heavy (non-hydrogen) atoms. The largest absolute Gasteiger partial charge is 0.369 e. The van der Waals surface area contributed by atoms with Crippen molar-refractivity contribution in [1.29, 1.82) is 0 Å². The smallest absolute Gasteiger partial charge is 0.251 e. The van der Waals surface area contributed by atoms with Gasteiger partial charge in [0, 0.05) is 65.4 Å². The van der Waals surface area contributed by atoms with E-state index in [1.54, 1.807) is 10.7 Å². The summed E-state index contributed by atoms with van der Waals surface area (Å²) in [5, 5.41) is 5.84. The van der Waals surface area contributed by atoms with Gasteiger partial charge in [0.25, 0.3) is 5.95 Å². The van der Waals surface area contributed by atoms with Crippen LogP contribution in [0.25, 0.3) is 12.0 Å². The molecule has 0 aliphatic carbocycles. The van der Waals surface area contributed by atoms with E-state index in [-0.39, 0.29) is 12.4 Å². The van der Waals surface area contributed by atoms with Gasteiger partial charge < -0.3 is 4.90 Å². The fourth-order valence-corrected chi connectivity index (χ4v) is 4.34. The quantitative estimate of drug-likeness (QED) is 0.492. The molecule has 1 aliphatic rings. The fourth-order valence-electron chi connectivity index (χ4n) is 3.83. The highest BCUT2D eigenvalue weighted by atomic mass is 35.5. The number of aromatic nitrogens is 4. The van der Waals surface area contributed by atoms with Gasteiger partial charge in [0.1, 0.15) is 0 Å². The van der Waals surface area contributed by atoms with Crippen molar-refractivity contribution in [1.82, 2.24) is 24.6 Å². The summed E-state index contributed by atoms with van der Waals surface area (Å²) in [6.45, 7) is 10.8. The second-order valence-corrected chi connectivity index (χ2v) is 8.74. The first kappa shape index (κ1) is 24.5. The van der Waals surface area contributed by atoms with Gasteiger partial charge in [-0.05, 0) is 45.0 Å². The van der Waals surface area contributed by atoms with Crippen molar-refractivity contribution >= 4 is 47.4 Å². The molecule has 9 heteroatoms. The van der Waals surface area contributed by atoms with E-state index in [1.807, 2.05) is 45.2 Å². The Kier molecular flexibility index (Phi) is 8.17. The number of benzene rings is 1. The van der Waals surface area contributed by atoms with Gasteiger partial charge in [-0.25, -0.2) is 14.6 Å². The van der Waals surface area contributed by atoms with Crippen LogP contribution in [0.4, 0.5) is 5.69 Å². The molecule has 6 nitrogen and oxygen atoms in total. The third-order valence-corrected chi connectivity index (χ3v) is 5.89. The van der Waals surface area contributed by atoms with E-state index in [9.17, 15) is 0 Å². The Hall–Kier alpha value is -2.12. The molecule has 0 N–H and O–H groups in total. The Labute approximate surface area is 205 Å². The molecule has 0 atom stereocenters. The van der Waals surface area contributed by atoms with Gasteiger partial charge in [0.15, 0.2) is 0 Å². The molecular formula is C23H27Cl3N6. The third kappa shape index (κ3) is 5.81. The van der Waals surface area contributed by atoms with Crippen molar-refractivity contribution < 1.29 is 0 Å². The maximum Gasteiger partial charge on any atom is 0.251 e. The molecular weight excluding hydrogens is 467 g/mol. The van der Waals surface area contributed by atoms with Gasteiger partial charge in [-0.2, -0.15) is 5.10 Å². The van der Waals surface area contributed by atoms with Crippen LogP contribution in [0.1, 0.15) is 22.6 Å². The van der Waals surface area contributed by atoms with Crippen LogP contribution in [0.15, 0.2) is 36.5 Å². The summed E-state index contributed by atoms with van der Waals surface area (Å²) in [7, 11) is 0. The van der Waals surface area contributed by atoms with E-state index < -0.39 is 0 Å². The summed E-state index contributed by atoms with van der Waals surface area (Å²) in [6.07, 6.45) is 6.20. The number of hydrogen-bond donors (Lipinski definition) is 0. The van der Waals surface area contributed by atoms with E-state index in [2.05, 4.69) is 37.0 Å². The lowest BCUT2D eigenvalue weighted by Crippen LogP contribution is -2.46. The van der Waals surface area contributed by atoms with Crippen LogP contribution in [-0.2, 0) is 0 Å². The van der Waals surface area contributed by atoms with Gasteiger partial charge in [-0.3, -0.25) is 4.90 Å². The molecule has 2 aromatic heterocycles. The van der Waals surface area contributed by atoms with Crippen molar-refractivity contribution in [3.8, 4) is 5.95 Å². The molecule has 3 aromatic rings. The van der Waals surface area contributed by atoms with Crippen molar-refractivity contribution in [2.45, 2.75) is 20.8 Å². The lowest BCUT2D eigenvalue weighted by molar-refractivity contribution is 0.284. The summed E-state index contributed by atoms with van der Waals surface area (Å²) in [5.41, 5.74) is 5.07. The second kappa shape index (κ2) is 10.7. The van der Waals surface area contributed by atoms with E-state index in [0.29, 0.717) is 16.0 Å². The maximum absolute atomic E-state index is 6.15. The third-order valence-electron chi connectivity index (χ3n) is 5.45. The SMILES string of the molecule is Cc1cc(C)nc(-n2ncc(/C=C/CN3CCN(c4cc(Cl)cc(Cl)c4)CC3)c2C)n1.Cl. The zero-order chi connectivity index (χ0) is 22.0. The topological polar surface area (TPSA) is 50.1 Å². The Morgan fingerprint density at radius 1 is 0.906 bits per heavy atom. The number of hydrogen-bond acceptors (Lipinski definition) is 5. The van der Waals surface area contributed by atoms with Crippen molar-refractivity contribution in [2.24, 2.45) is 0 Å². The van der Waals surface area contributed by atoms with Gasteiger partial charge >= 0.3 is 0 Å². The molecule has 0 amide bonds. The van der Waals surface area contributed by atoms with Crippen molar-refractivity contribution in [3.63, 3.8) is 0 Å². The minimum atomic E-state index is 0. The van der Waals surface area contributed by atoms with Crippen LogP contribution in [0.3, 0.4) is 0 Å². The van der Waals surface area contributed by atoms with Crippen LogP contribution in [0.5, 0.6) is 0 Å². The molecule has 1 saturated heterocycles. The fraction of sp³-hybridized carbons (Fsp3) is 0.348. The van der Waals surface area contributed by atoms with Gasteiger partial charge in [-0.1, -0.05) is 35.4 Å². The molecule has 3 heterocycles. The van der Waals surface area contributed by atoms with Crippen LogP contribution >= 0.6 is 35.6 Å². The van der Waals surface area contributed by atoms with E-state index in [1.165, 1.54) is 0 Å². The Bertz CT molecular complexity index is 1060. The van der Waals surface area contributed by atoms with Gasteiger partial charge in [-0.15, -0.1) is 12.4 Å². The minimum Gasteiger partial charge on any atom is -0.369 e. The molecule has 0 spiro atoms. The molecule has 1 fully saturated rings. The first-order valence-electron chi connectivity index (χ1n) is 10.4. The van der Waals surface area contributed by atoms with Gasteiger partial charge in [0.05, 0.1) is 11.9 Å². The minimum absolute atomic E-state index is 0. The number of piperazine rings is 1. The Morgan fingerprint density at radius 3 is 2.16 bits per heavy atom. The highest BCUT2D eigenvalue weighted by Gasteiger charge is 2.17. The maximum atomic E-state index is 6.15. The molecule has 1 aliphatic heterocycles. The molecule has 0 bridgehead atoms. The number of rotatable bonds is 5. The Morgan fingerprint density at radius 2 is 1.53 bits per heavy atom. The number of halogens is 3. The molecule has 0 saturated carbocycles. The number of anilines is 1.